The molecule has 2 aromatic rings. The van der Waals surface area contributed by atoms with Crippen molar-refractivity contribution < 1.29 is 18.2 Å². The molecule has 146 valence electrons. The van der Waals surface area contributed by atoms with Crippen molar-refractivity contribution in [2.24, 2.45) is 4.36 Å². The molecular weight excluding hydrogens is 370 g/mol. The van der Waals surface area contributed by atoms with Crippen LogP contribution in [0.1, 0.15) is 28.9 Å². The predicted octanol–water partition coefficient (Wildman–Crippen LogP) is 1.20. The Morgan fingerprint density at radius 2 is 2.07 bits per heavy atom. The average molecular weight is 393 g/mol. The highest BCUT2D eigenvalue weighted by Crippen LogP contribution is 2.24. The Morgan fingerprint density at radius 1 is 1.33 bits per heavy atom. The first-order chi connectivity index (χ1) is 12.7. The van der Waals surface area contributed by atoms with E-state index >= 15 is 0 Å². The van der Waals surface area contributed by atoms with Crippen molar-refractivity contribution >= 4 is 21.5 Å². The molecule has 0 saturated carbocycles. The largest absolute Gasteiger partial charge is 0.455 e. The molecule has 0 aromatic carbocycles. The Balaban J connectivity index is 1.85. The van der Waals surface area contributed by atoms with Crippen LogP contribution in [0.4, 0.5) is 0 Å². The lowest BCUT2D eigenvalue weighted by Crippen LogP contribution is -2.38. The SMILES string of the molecule is CC(=O)N=S(C)(=O)c1cnn2c1CN(C(=O)c1ccc(CN(C)C)o1)CC2. The molecule has 27 heavy (non-hydrogen) atoms. The highest BCUT2D eigenvalue weighted by Gasteiger charge is 2.29. The van der Waals surface area contributed by atoms with Gasteiger partial charge in [0.25, 0.3) is 11.8 Å². The van der Waals surface area contributed by atoms with Gasteiger partial charge in [-0.15, -0.1) is 0 Å². The lowest BCUT2D eigenvalue weighted by atomic mass is 10.2. The summed E-state index contributed by atoms with van der Waals surface area (Å²) in [7, 11) is 0.939. The molecule has 1 aliphatic heterocycles. The van der Waals surface area contributed by atoms with Crippen LogP contribution in [0.15, 0.2) is 32.0 Å². The highest BCUT2D eigenvalue weighted by atomic mass is 32.2. The molecule has 3 heterocycles. The molecule has 2 amide bonds. The predicted molar refractivity (Wildman–Crippen MR) is 98.5 cm³/mol. The van der Waals surface area contributed by atoms with Crippen molar-refractivity contribution in [3.8, 4) is 0 Å². The van der Waals surface area contributed by atoms with Gasteiger partial charge in [0.05, 0.1) is 46.1 Å². The van der Waals surface area contributed by atoms with Crippen molar-refractivity contribution in [1.82, 2.24) is 19.6 Å². The number of amides is 2. The molecule has 1 aliphatic rings. The maximum Gasteiger partial charge on any atom is 0.289 e. The second-order valence-corrected chi connectivity index (χ2v) is 9.05. The van der Waals surface area contributed by atoms with Gasteiger partial charge >= 0.3 is 0 Å². The molecule has 2 aromatic heterocycles. The molecule has 10 heteroatoms. The van der Waals surface area contributed by atoms with Gasteiger partial charge in [0.2, 0.25) is 0 Å². The molecule has 9 nitrogen and oxygen atoms in total. The third-order valence-corrected chi connectivity index (χ3v) is 5.94. The van der Waals surface area contributed by atoms with E-state index in [0.717, 1.165) is 0 Å². The van der Waals surface area contributed by atoms with Crippen LogP contribution in [0.25, 0.3) is 0 Å². The number of nitrogens with zero attached hydrogens (tertiary/aromatic N) is 5. The summed E-state index contributed by atoms with van der Waals surface area (Å²) >= 11 is 0. The van der Waals surface area contributed by atoms with Crippen LogP contribution in [-0.2, 0) is 34.2 Å². The summed E-state index contributed by atoms with van der Waals surface area (Å²) in [5.41, 5.74) is 0.632. The van der Waals surface area contributed by atoms with E-state index < -0.39 is 15.6 Å². The molecule has 0 bridgehead atoms. The summed E-state index contributed by atoms with van der Waals surface area (Å²) < 4.78 is 23.9. The first kappa shape index (κ1) is 19.3. The molecule has 0 N–H and O–H groups in total. The minimum atomic E-state index is -2.91. The normalized spacial score (nSPS) is 16.1. The van der Waals surface area contributed by atoms with Gasteiger partial charge < -0.3 is 14.2 Å². The fraction of sp³-hybridized carbons (Fsp3) is 0.471. The second-order valence-electron chi connectivity index (χ2n) is 6.82. The van der Waals surface area contributed by atoms with Gasteiger partial charge in [-0.3, -0.25) is 14.3 Å². The van der Waals surface area contributed by atoms with Crippen LogP contribution in [0.2, 0.25) is 0 Å². The maximum absolute atomic E-state index is 12.8. The first-order valence-corrected chi connectivity index (χ1v) is 10.4. The van der Waals surface area contributed by atoms with E-state index in [9.17, 15) is 13.8 Å². The smallest absolute Gasteiger partial charge is 0.289 e. The lowest BCUT2D eigenvalue weighted by Gasteiger charge is -2.27. The van der Waals surface area contributed by atoms with Crippen LogP contribution in [-0.4, -0.2) is 62.5 Å². The number of rotatable bonds is 4. The van der Waals surface area contributed by atoms with Gasteiger partial charge in [0.1, 0.15) is 5.76 Å². The molecule has 1 unspecified atom stereocenters. The summed E-state index contributed by atoms with van der Waals surface area (Å²) in [4.78, 5) is 28.1. The van der Waals surface area contributed by atoms with E-state index in [2.05, 4.69) is 9.46 Å². The zero-order valence-corrected chi connectivity index (χ0v) is 16.7. The number of furan rings is 1. The van der Waals surface area contributed by atoms with Gasteiger partial charge in [-0.05, 0) is 26.2 Å². The first-order valence-electron chi connectivity index (χ1n) is 8.47. The van der Waals surface area contributed by atoms with Gasteiger partial charge in [0, 0.05) is 19.7 Å². The number of aromatic nitrogens is 2. The van der Waals surface area contributed by atoms with Gasteiger partial charge in [-0.2, -0.15) is 9.46 Å². The van der Waals surface area contributed by atoms with Crippen LogP contribution < -0.4 is 0 Å². The monoisotopic (exact) mass is 393 g/mol. The average Bonchev–Trinajstić information content (AvgIpc) is 3.18. The summed E-state index contributed by atoms with van der Waals surface area (Å²) in [5, 5.41) is 4.23. The fourth-order valence-electron chi connectivity index (χ4n) is 3.05. The Morgan fingerprint density at radius 3 is 2.74 bits per heavy atom. The number of carbonyl (C=O) groups excluding carboxylic acids is 2. The Kier molecular flexibility index (Phi) is 5.20. The molecule has 1 atom stereocenters. The number of fused-ring (bicyclic) bond motifs is 1. The molecular formula is C17H23N5O4S. The Bertz CT molecular complexity index is 997. The van der Waals surface area contributed by atoms with Crippen molar-refractivity contribution in [1.29, 1.82) is 0 Å². The maximum atomic E-state index is 12.8. The van der Waals surface area contributed by atoms with E-state index in [-0.39, 0.29) is 18.2 Å². The summed E-state index contributed by atoms with van der Waals surface area (Å²) in [6, 6.07) is 3.46. The molecule has 0 aliphatic carbocycles. The van der Waals surface area contributed by atoms with Crippen LogP contribution in [0.5, 0.6) is 0 Å². The molecule has 3 rings (SSSR count). The standard InChI is InChI=1S/C17H23N5O4S/c1-12(23)19-27(4,25)16-9-18-22-8-7-21(11-14(16)22)17(24)15-6-5-13(26-15)10-20(2)3/h5-6,9H,7-8,10-11H2,1-4H3. The lowest BCUT2D eigenvalue weighted by molar-refractivity contribution is -0.115. The zero-order chi connectivity index (χ0) is 19.8. The van der Waals surface area contributed by atoms with E-state index in [4.69, 9.17) is 4.42 Å². The second kappa shape index (κ2) is 7.28. The summed E-state index contributed by atoms with van der Waals surface area (Å²) in [5.74, 6) is 0.245. The number of hydrogen-bond donors (Lipinski definition) is 0. The number of carbonyl (C=O) groups is 2. The fourth-order valence-corrected chi connectivity index (χ4v) is 4.49. The minimum Gasteiger partial charge on any atom is -0.455 e. The van der Waals surface area contributed by atoms with Gasteiger partial charge in [0.15, 0.2) is 5.76 Å². The molecule has 0 spiro atoms. The van der Waals surface area contributed by atoms with Gasteiger partial charge in [-0.1, -0.05) is 0 Å². The molecule has 0 saturated heterocycles. The third-order valence-electron chi connectivity index (χ3n) is 4.18. The van der Waals surface area contributed by atoms with Crippen molar-refractivity contribution in [3.05, 3.63) is 35.5 Å². The minimum absolute atomic E-state index is 0.232. The Labute approximate surface area is 158 Å². The van der Waals surface area contributed by atoms with E-state index in [1.54, 1.807) is 21.7 Å². The zero-order valence-electron chi connectivity index (χ0n) is 15.8. The van der Waals surface area contributed by atoms with Crippen LogP contribution >= 0.6 is 0 Å². The van der Waals surface area contributed by atoms with Crippen molar-refractivity contribution in [2.75, 3.05) is 26.9 Å². The summed E-state index contributed by atoms with van der Waals surface area (Å²) in [6.45, 7) is 3.04. The molecule has 0 fully saturated rings. The quantitative estimate of drug-likeness (QED) is 0.774. The molecule has 0 radical (unpaired) electrons. The van der Waals surface area contributed by atoms with E-state index in [1.807, 2.05) is 19.0 Å². The topological polar surface area (TPSA) is 101 Å². The van der Waals surface area contributed by atoms with Crippen LogP contribution in [0.3, 0.4) is 0 Å². The van der Waals surface area contributed by atoms with Crippen molar-refractivity contribution in [2.45, 2.75) is 31.5 Å². The third kappa shape index (κ3) is 4.11. The van der Waals surface area contributed by atoms with Crippen LogP contribution in [0, 0.1) is 0 Å². The van der Waals surface area contributed by atoms with Gasteiger partial charge in [-0.25, -0.2) is 4.21 Å². The van der Waals surface area contributed by atoms with E-state index in [1.165, 1.54) is 19.4 Å². The van der Waals surface area contributed by atoms with Crippen molar-refractivity contribution in [3.63, 3.8) is 0 Å². The van der Waals surface area contributed by atoms with E-state index in [0.29, 0.717) is 36.0 Å². The number of hydrogen-bond acceptors (Lipinski definition) is 6. The highest BCUT2D eigenvalue weighted by molar-refractivity contribution is 7.93. The summed E-state index contributed by atoms with van der Waals surface area (Å²) in [6.07, 6.45) is 2.88. The Hall–Kier alpha value is -2.46.